The molecular formula is C12H20BrNOS. The van der Waals surface area contributed by atoms with Crippen LogP contribution in [0.15, 0.2) is 15.9 Å². The van der Waals surface area contributed by atoms with Crippen LogP contribution in [0.4, 0.5) is 0 Å². The molecule has 0 atom stereocenters. The van der Waals surface area contributed by atoms with Gasteiger partial charge in [-0.25, -0.2) is 0 Å². The Morgan fingerprint density at radius 2 is 2.31 bits per heavy atom. The quantitative estimate of drug-likeness (QED) is 0.740. The van der Waals surface area contributed by atoms with Crippen molar-refractivity contribution in [1.29, 1.82) is 0 Å². The molecule has 0 aliphatic carbocycles. The van der Waals surface area contributed by atoms with E-state index in [0.29, 0.717) is 5.92 Å². The van der Waals surface area contributed by atoms with Gasteiger partial charge in [-0.05, 0) is 40.9 Å². The van der Waals surface area contributed by atoms with E-state index in [1.54, 1.807) is 11.3 Å². The first-order valence-electron chi connectivity index (χ1n) is 5.70. The highest BCUT2D eigenvalue weighted by Crippen LogP contribution is 2.19. The summed E-state index contributed by atoms with van der Waals surface area (Å²) in [5.74, 6) is 0.636. The molecule has 0 saturated carbocycles. The topological polar surface area (TPSA) is 21.3 Å². The minimum absolute atomic E-state index is 0.636. The van der Waals surface area contributed by atoms with Gasteiger partial charge < -0.3 is 10.1 Å². The molecule has 92 valence electrons. The van der Waals surface area contributed by atoms with Crippen LogP contribution in [0.5, 0.6) is 0 Å². The lowest BCUT2D eigenvalue weighted by Crippen LogP contribution is -2.16. The minimum atomic E-state index is 0.636. The zero-order valence-corrected chi connectivity index (χ0v) is 12.4. The van der Waals surface area contributed by atoms with Crippen molar-refractivity contribution in [1.82, 2.24) is 5.32 Å². The number of ether oxygens (including phenoxy) is 1. The third-order valence-electron chi connectivity index (χ3n) is 2.01. The molecule has 1 aromatic rings. The van der Waals surface area contributed by atoms with Gasteiger partial charge in [0.1, 0.15) is 0 Å². The van der Waals surface area contributed by atoms with Crippen molar-refractivity contribution in [2.75, 3.05) is 19.8 Å². The summed E-state index contributed by atoms with van der Waals surface area (Å²) in [4.78, 5) is 1.37. The van der Waals surface area contributed by atoms with E-state index >= 15 is 0 Å². The SMILES string of the molecule is CC(C)COCCCNCc1cc(Br)cs1. The summed E-state index contributed by atoms with van der Waals surface area (Å²) in [6.45, 7) is 8.06. The molecule has 1 rings (SSSR count). The second-order valence-corrected chi connectivity index (χ2v) is 6.14. The summed E-state index contributed by atoms with van der Waals surface area (Å²) in [6.07, 6.45) is 1.08. The molecule has 16 heavy (non-hydrogen) atoms. The van der Waals surface area contributed by atoms with Crippen LogP contribution >= 0.6 is 27.3 Å². The molecular weight excluding hydrogens is 286 g/mol. The fourth-order valence-corrected chi connectivity index (χ4v) is 2.70. The molecule has 0 aliphatic rings. The molecule has 0 spiro atoms. The van der Waals surface area contributed by atoms with Gasteiger partial charge in [0, 0.05) is 34.5 Å². The third kappa shape index (κ3) is 6.63. The maximum Gasteiger partial charge on any atom is 0.0489 e. The van der Waals surface area contributed by atoms with E-state index in [1.807, 2.05) is 0 Å². The Morgan fingerprint density at radius 1 is 1.50 bits per heavy atom. The lowest BCUT2D eigenvalue weighted by molar-refractivity contribution is 0.108. The standard InChI is InChI=1S/C12H20BrNOS/c1-10(2)8-15-5-3-4-14-7-12-6-11(13)9-16-12/h6,9-10,14H,3-5,7-8H2,1-2H3. The molecule has 0 amide bonds. The van der Waals surface area contributed by atoms with Crippen LogP contribution in [0.1, 0.15) is 25.1 Å². The highest BCUT2D eigenvalue weighted by atomic mass is 79.9. The van der Waals surface area contributed by atoms with Crippen LogP contribution in [0.25, 0.3) is 0 Å². The molecule has 0 fully saturated rings. The summed E-state index contributed by atoms with van der Waals surface area (Å²) in [7, 11) is 0. The number of hydrogen-bond donors (Lipinski definition) is 1. The van der Waals surface area contributed by atoms with Gasteiger partial charge in [0.05, 0.1) is 0 Å². The molecule has 0 radical (unpaired) electrons. The lowest BCUT2D eigenvalue weighted by Gasteiger charge is -2.07. The molecule has 0 bridgehead atoms. The summed E-state index contributed by atoms with van der Waals surface area (Å²) in [5.41, 5.74) is 0. The molecule has 0 aliphatic heterocycles. The molecule has 0 aromatic carbocycles. The Balaban J connectivity index is 1.92. The maximum absolute atomic E-state index is 5.51. The van der Waals surface area contributed by atoms with Gasteiger partial charge in [-0.3, -0.25) is 0 Å². The Kier molecular flexibility index (Phi) is 7.28. The normalized spacial score (nSPS) is 11.2. The number of rotatable bonds is 8. The third-order valence-corrected chi connectivity index (χ3v) is 3.71. The van der Waals surface area contributed by atoms with Crippen molar-refractivity contribution >= 4 is 27.3 Å². The number of hydrogen-bond acceptors (Lipinski definition) is 3. The van der Waals surface area contributed by atoms with Crippen molar-refractivity contribution in [3.05, 3.63) is 20.8 Å². The summed E-state index contributed by atoms with van der Waals surface area (Å²) < 4.78 is 6.68. The lowest BCUT2D eigenvalue weighted by atomic mass is 10.2. The van der Waals surface area contributed by atoms with E-state index in [1.165, 1.54) is 9.35 Å². The highest BCUT2D eigenvalue weighted by molar-refractivity contribution is 9.10. The second kappa shape index (κ2) is 8.23. The van der Waals surface area contributed by atoms with Crippen LogP contribution in [-0.4, -0.2) is 19.8 Å². The van der Waals surface area contributed by atoms with Crippen molar-refractivity contribution in [3.63, 3.8) is 0 Å². The van der Waals surface area contributed by atoms with Crippen LogP contribution in [-0.2, 0) is 11.3 Å². The van der Waals surface area contributed by atoms with Gasteiger partial charge in [-0.1, -0.05) is 13.8 Å². The minimum Gasteiger partial charge on any atom is -0.381 e. The van der Waals surface area contributed by atoms with Crippen LogP contribution in [0.3, 0.4) is 0 Å². The van der Waals surface area contributed by atoms with Gasteiger partial charge in [0.2, 0.25) is 0 Å². The highest BCUT2D eigenvalue weighted by Gasteiger charge is 1.97. The van der Waals surface area contributed by atoms with Gasteiger partial charge in [-0.15, -0.1) is 11.3 Å². The van der Waals surface area contributed by atoms with E-state index in [2.05, 4.69) is 46.5 Å². The van der Waals surface area contributed by atoms with E-state index in [-0.39, 0.29) is 0 Å². The average Bonchev–Trinajstić information content (AvgIpc) is 2.62. The van der Waals surface area contributed by atoms with E-state index in [0.717, 1.165) is 32.7 Å². The van der Waals surface area contributed by atoms with Crippen molar-refractivity contribution in [3.8, 4) is 0 Å². The zero-order chi connectivity index (χ0) is 11.8. The summed E-state index contributed by atoms with van der Waals surface area (Å²) in [5, 5.41) is 5.53. The largest absolute Gasteiger partial charge is 0.381 e. The van der Waals surface area contributed by atoms with Crippen LogP contribution in [0, 0.1) is 5.92 Å². The summed E-state index contributed by atoms with van der Waals surface area (Å²) in [6, 6.07) is 2.16. The number of nitrogens with one attached hydrogen (secondary N) is 1. The summed E-state index contributed by atoms with van der Waals surface area (Å²) >= 11 is 5.23. The average molecular weight is 306 g/mol. The molecule has 4 heteroatoms. The number of halogens is 1. The first-order valence-corrected chi connectivity index (χ1v) is 7.37. The Morgan fingerprint density at radius 3 is 2.94 bits per heavy atom. The molecule has 2 nitrogen and oxygen atoms in total. The zero-order valence-electron chi connectivity index (χ0n) is 9.96. The first-order chi connectivity index (χ1) is 7.68. The second-order valence-electron chi connectivity index (χ2n) is 4.23. The van der Waals surface area contributed by atoms with Gasteiger partial charge in [0.15, 0.2) is 0 Å². The van der Waals surface area contributed by atoms with Gasteiger partial charge >= 0.3 is 0 Å². The van der Waals surface area contributed by atoms with Crippen LogP contribution < -0.4 is 5.32 Å². The Hall–Kier alpha value is 0.1000. The van der Waals surface area contributed by atoms with Crippen molar-refractivity contribution in [2.45, 2.75) is 26.8 Å². The monoisotopic (exact) mass is 305 g/mol. The molecule has 0 unspecified atom stereocenters. The predicted molar refractivity (Wildman–Crippen MR) is 74.0 cm³/mol. The van der Waals surface area contributed by atoms with E-state index < -0.39 is 0 Å². The van der Waals surface area contributed by atoms with E-state index in [4.69, 9.17) is 4.74 Å². The van der Waals surface area contributed by atoms with Gasteiger partial charge in [-0.2, -0.15) is 0 Å². The smallest absolute Gasteiger partial charge is 0.0489 e. The molecule has 1 N–H and O–H groups in total. The van der Waals surface area contributed by atoms with Crippen LogP contribution in [0.2, 0.25) is 0 Å². The van der Waals surface area contributed by atoms with Crippen molar-refractivity contribution < 1.29 is 4.74 Å². The predicted octanol–water partition coefficient (Wildman–Crippen LogP) is 3.66. The van der Waals surface area contributed by atoms with Crippen molar-refractivity contribution in [2.24, 2.45) is 5.92 Å². The first kappa shape index (κ1) is 14.2. The number of thiophene rings is 1. The molecule has 0 saturated heterocycles. The Bertz CT molecular complexity index is 288. The van der Waals surface area contributed by atoms with E-state index in [9.17, 15) is 0 Å². The fraction of sp³-hybridized carbons (Fsp3) is 0.667. The maximum atomic E-state index is 5.51. The molecule has 1 heterocycles. The van der Waals surface area contributed by atoms with Gasteiger partial charge in [0.25, 0.3) is 0 Å². The Labute approximate surface area is 111 Å². The fourth-order valence-electron chi connectivity index (χ4n) is 1.28. The molecule has 1 aromatic heterocycles.